The van der Waals surface area contributed by atoms with Crippen LogP contribution >= 0.6 is 0 Å². The largest absolute Gasteiger partial charge is 0.494 e. The van der Waals surface area contributed by atoms with E-state index in [0.717, 1.165) is 29.9 Å². The summed E-state index contributed by atoms with van der Waals surface area (Å²) >= 11 is 0. The molecule has 1 rings (SSSR count). The molecule has 4 heteroatoms. The molecule has 1 aromatic carbocycles. The second kappa shape index (κ2) is 13.5. The zero-order valence-corrected chi connectivity index (χ0v) is 16.1. The predicted octanol–water partition coefficient (Wildman–Crippen LogP) is 5.46. The van der Waals surface area contributed by atoms with Crippen LogP contribution in [0.4, 0.5) is 0 Å². The molecule has 0 aliphatic rings. The Balaban J connectivity index is 2.20. The molecule has 0 radical (unpaired) electrons. The fraction of sp³-hybridized carbons (Fsp3) is 0.619. The molecule has 4 nitrogen and oxygen atoms in total. The van der Waals surface area contributed by atoms with Crippen LogP contribution in [0, 0.1) is 0 Å². The van der Waals surface area contributed by atoms with Crippen LogP contribution < -0.4 is 10.2 Å². The maximum atomic E-state index is 11.9. The van der Waals surface area contributed by atoms with Gasteiger partial charge in [-0.2, -0.15) is 5.10 Å². The average Bonchev–Trinajstić information content (AvgIpc) is 2.63. The molecule has 0 aromatic heterocycles. The Bertz CT molecular complexity index is 509. The molecule has 1 amide bonds. The van der Waals surface area contributed by atoms with Crippen LogP contribution in [0.5, 0.6) is 5.75 Å². The Labute approximate surface area is 153 Å². The lowest BCUT2D eigenvalue weighted by atomic mass is 10.1. The number of hydrogen-bond acceptors (Lipinski definition) is 3. The molecule has 0 aliphatic carbocycles. The Morgan fingerprint density at radius 3 is 2.16 bits per heavy atom. The number of nitrogens with zero attached hydrogens (tertiary/aromatic N) is 1. The van der Waals surface area contributed by atoms with E-state index in [9.17, 15) is 4.79 Å². The van der Waals surface area contributed by atoms with Crippen molar-refractivity contribution in [3.8, 4) is 5.75 Å². The molecule has 0 saturated carbocycles. The molecule has 0 heterocycles. The van der Waals surface area contributed by atoms with Crippen LogP contribution in [0.2, 0.25) is 0 Å². The monoisotopic (exact) mass is 346 g/mol. The number of carbonyl (C=O) groups is 1. The van der Waals surface area contributed by atoms with Gasteiger partial charge in [-0.05, 0) is 50.1 Å². The SMILES string of the molecule is CCCCCCCCCCC(=O)NN=C(C)c1ccc(OCC)cc1. The first kappa shape index (κ1) is 21.2. The van der Waals surface area contributed by atoms with Crippen molar-refractivity contribution in [1.29, 1.82) is 0 Å². The number of hydrazone groups is 1. The summed E-state index contributed by atoms with van der Waals surface area (Å²) in [6.07, 6.45) is 10.4. The van der Waals surface area contributed by atoms with Crippen molar-refractivity contribution in [1.82, 2.24) is 5.43 Å². The summed E-state index contributed by atoms with van der Waals surface area (Å²) in [5.74, 6) is 0.842. The van der Waals surface area contributed by atoms with Crippen LogP contribution in [-0.2, 0) is 4.79 Å². The first-order valence-corrected chi connectivity index (χ1v) is 9.73. The zero-order chi connectivity index (χ0) is 18.3. The fourth-order valence-corrected chi connectivity index (χ4v) is 2.65. The van der Waals surface area contributed by atoms with Crippen LogP contribution in [0.1, 0.15) is 84.1 Å². The van der Waals surface area contributed by atoms with Gasteiger partial charge in [0, 0.05) is 6.42 Å². The lowest BCUT2D eigenvalue weighted by Crippen LogP contribution is -2.18. The fourth-order valence-electron chi connectivity index (χ4n) is 2.65. The van der Waals surface area contributed by atoms with E-state index in [0.29, 0.717) is 13.0 Å². The first-order chi connectivity index (χ1) is 12.2. The van der Waals surface area contributed by atoms with E-state index in [2.05, 4.69) is 17.5 Å². The molecule has 0 unspecified atom stereocenters. The number of hydrogen-bond donors (Lipinski definition) is 1. The number of rotatable bonds is 13. The van der Waals surface area contributed by atoms with Gasteiger partial charge in [0.1, 0.15) is 5.75 Å². The van der Waals surface area contributed by atoms with Gasteiger partial charge in [-0.15, -0.1) is 0 Å². The minimum Gasteiger partial charge on any atom is -0.494 e. The van der Waals surface area contributed by atoms with Crippen LogP contribution in [0.15, 0.2) is 29.4 Å². The highest BCUT2D eigenvalue weighted by atomic mass is 16.5. The van der Waals surface area contributed by atoms with Crippen molar-refractivity contribution in [2.75, 3.05) is 6.61 Å². The molecule has 140 valence electrons. The molecule has 0 fully saturated rings. The van der Waals surface area contributed by atoms with Crippen molar-refractivity contribution in [2.24, 2.45) is 5.10 Å². The number of nitrogens with one attached hydrogen (secondary N) is 1. The summed E-state index contributed by atoms with van der Waals surface area (Å²) < 4.78 is 5.42. The second-order valence-corrected chi connectivity index (χ2v) is 6.41. The van der Waals surface area contributed by atoms with E-state index in [1.807, 2.05) is 38.1 Å². The summed E-state index contributed by atoms with van der Waals surface area (Å²) in [4.78, 5) is 11.9. The Kier molecular flexibility index (Phi) is 11.4. The molecule has 0 spiro atoms. The molecular weight excluding hydrogens is 312 g/mol. The van der Waals surface area contributed by atoms with Gasteiger partial charge in [-0.1, -0.05) is 51.9 Å². The molecule has 0 atom stereocenters. The minimum atomic E-state index is -0.00345. The third-order valence-corrected chi connectivity index (χ3v) is 4.19. The van der Waals surface area contributed by atoms with Crippen LogP contribution in [0.3, 0.4) is 0 Å². The van der Waals surface area contributed by atoms with Gasteiger partial charge in [0.2, 0.25) is 5.91 Å². The number of ether oxygens (including phenoxy) is 1. The molecular formula is C21H34N2O2. The van der Waals surface area contributed by atoms with Gasteiger partial charge >= 0.3 is 0 Å². The van der Waals surface area contributed by atoms with Crippen LogP contribution in [0.25, 0.3) is 0 Å². The van der Waals surface area contributed by atoms with E-state index >= 15 is 0 Å². The highest BCUT2D eigenvalue weighted by Gasteiger charge is 2.02. The Morgan fingerprint density at radius 2 is 1.56 bits per heavy atom. The van der Waals surface area contributed by atoms with Gasteiger partial charge in [0.05, 0.1) is 12.3 Å². The Morgan fingerprint density at radius 1 is 0.960 bits per heavy atom. The number of amides is 1. The molecule has 0 bridgehead atoms. The number of carbonyl (C=O) groups excluding carboxylic acids is 1. The minimum absolute atomic E-state index is 0.00345. The number of benzene rings is 1. The molecule has 0 aliphatic heterocycles. The van der Waals surface area contributed by atoms with E-state index in [4.69, 9.17) is 4.74 Å². The summed E-state index contributed by atoms with van der Waals surface area (Å²) in [5, 5.41) is 4.20. The first-order valence-electron chi connectivity index (χ1n) is 9.73. The third-order valence-electron chi connectivity index (χ3n) is 4.19. The molecule has 1 aromatic rings. The second-order valence-electron chi connectivity index (χ2n) is 6.41. The summed E-state index contributed by atoms with van der Waals surface area (Å²) in [6, 6.07) is 7.74. The van der Waals surface area contributed by atoms with Gasteiger partial charge in [0.25, 0.3) is 0 Å². The van der Waals surface area contributed by atoms with Gasteiger partial charge in [0.15, 0.2) is 0 Å². The van der Waals surface area contributed by atoms with Gasteiger partial charge in [-0.25, -0.2) is 5.43 Å². The van der Waals surface area contributed by atoms with Gasteiger partial charge < -0.3 is 4.74 Å². The summed E-state index contributed by atoms with van der Waals surface area (Å²) in [7, 11) is 0. The molecule has 25 heavy (non-hydrogen) atoms. The maximum Gasteiger partial charge on any atom is 0.240 e. The quantitative estimate of drug-likeness (QED) is 0.293. The van der Waals surface area contributed by atoms with Crippen molar-refractivity contribution in [3.63, 3.8) is 0 Å². The highest BCUT2D eigenvalue weighted by molar-refractivity contribution is 5.99. The smallest absolute Gasteiger partial charge is 0.240 e. The standard InChI is InChI=1S/C21H34N2O2/c1-4-6-7-8-9-10-11-12-13-21(24)23-22-18(3)19-14-16-20(17-15-19)25-5-2/h14-17H,4-13H2,1-3H3,(H,23,24). The topological polar surface area (TPSA) is 50.7 Å². The van der Waals surface area contributed by atoms with Crippen LogP contribution in [-0.4, -0.2) is 18.2 Å². The highest BCUT2D eigenvalue weighted by Crippen LogP contribution is 2.13. The van der Waals surface area contributed by atoms with Crippen molar-refractivity contribution in [2.45, 2.75) is 78.6 Å². The number of unbranched alkanes of at least 4 members (excludes halogenated alkanes) is 7. The lowest BCUT2D eigenvalue weighted by Gasteiger charge is -2.05. The molecule has 0 saturated heterocycles. The van der Waals surface area contributed by atoms with E-state index in [1.165, 1.54) is 38.5 Å². The van der Waals surface area contributed by atoms with Gasteiger partial charge in [-0.3, -0.25) is 4.79 Å². The molecule has 1 N–H and O–H groups in total. The normalized spacial score (nSPS) is 11.4. The van der Waals surface area contributed by atoms with E-state index in [-0.39, 0.29) is 5.91 Å². The third kappa shape index (κ3) is 9.90. The Hall–Kier alpha value is -1.84. The predicted molar refractivity (Wildman–Crippen MR) is 105 cm³/mol. The van der Waals surface area contributed by atoms with Crippen molar-refractivity contribution in [3.05, 3.63) is 29.8 Å². The summed E-state index contributed by atoms with van der Waals surface area (Å²) in [6.45, 7) is 6.74. The van der Waals surface area contributed by atoms with Crippen molar-refractivity contribution < 1.29 is 9.53 Å². The zero-order valence-electron chi connectivity index (χ0n) is 16.1. The van der Waals surface area contributed by atoms with E-state index < -0.39 is 0 Å². The average molecular weight is 347 g/mol. The van der Waals surface area contributed by atoms with Crippen molar-refractivity contribution >= 4 is 11.6 Å². The maximum absolute atomic E-state index is 11.9. The van der Waals surface area contributed by atoms with E-state index in [1.54, 1.807) is 0 Å². The summed E-state index contributed by atoms with van der Waals surface area (Å²) in [5.41, 5.74) is 4.44. The lowest BCUT2D eigenvalue weighted by molar-refractivity contribution is -0.121.